The van der Waals surface area contributed by atoms with Crippen LogP contribution in [0.4, 0.5) is 0 Å². The van der Waals surface area contributed by atoms with E-state index in [-0.39, 0.29) is 31.1 Å². The first-order chi connectivity index (χ1) is 40.5. The van der Waals surface area contributed by atoms with Gasteiger partial charge in [-0.15, -0.1) is 0 Å². The lowest BCUT2D eigenvalue weighted by atomic mass is 10.1. The predicted octanol–water partition coefficient (Wildman–Crippen LogP) is 24.2. The fraction of sp³-hybridized carbons (Fsp3) is 0.724. The molecule has 0 aromatic heterocycles. The van der Waals surface area contributed by atoms with E-state index in [1.54, 1.807) is 0 Å². The third kappa shape index (κ3) is 66.9. The lowest BCUT2D eigenvalue weighted by Gasteiger charge is -2.18. The summed E-state index contributed by atoms with van der Waals surface area (Å²) in [6.07, 6.45) is 95.3. The van der Waals surface area contributed by atoms with Crippen molar-refractivity contribution in [2.45, 2.75) is 341 Å². The maximum absolute atomic E-state index is 13.0. The number of rotatable bonds is 63. The summed E-state index contributed by atoms with van der Waals surface area (Å²) in [5.74, 6) is -0.894. The normalized spacial score (nSPS) is 12.8. The Morgan fingerprint density at radius 2 is 0.476 bits per heavy atom. The van der Waals surface area contributed by atoms with Gasteiger partial charge in [0.1, 0.15) is 13.2 Å². The molecule has 0 N–H and O–H groups in total. The molecule has 470 valence electrons. The third-order valence-electron chi connectivity index (χ3n) is 15.0. The zero-order chi connectivity index (χ0) is 59.2. The molecule has 0 heterocycles. The Labute approximate surface area is 508 Å². The summed E-state index contributed by atoms with van der Waals surface area (Å²) in [6, 6.07) is 0. The van der Waals surface area contributed by atoms with Crippen LogP contribution in [0, 0.1) is 0 Å². The van der Waals surface area contributed by atoms with Crippen LogP contribution in [0.5, 0.6) is 0 Å². The number of carbonyl (C=O) groups is 3. The van der Waals surface area contributed by atoms with Gasteiger partial charge in [-0.25, -0.2) is 0 Å². The summed E-state index contributed by atoms with van der Waals surface area (Å²) < 4.78 is 17.0. The Kier molecular flexibility index (Phi) is 66.2. The van der Waals surface area contributed by atoms with Crippen molar-refractivity contribution in [3.8, 4) is 0 Å². The quantitative estimate of drug-likeness (QED) is 0.0261. The van der Waals surface area contributed by atoms with Crippen molar-refractivity contribution in [1.29, 1.82) is 0 Å². The van der Waals surface area contributed by atoms with Gasteiger partial charge in [0.25, 0.3) is 0 Å². The van der Waals surface area contributed by atoms with E-state index in [0.717, 1.165) is 116 Å². The topological polar surface area (TPSA) is 78.9 Å². The lowest BCUT2D eigenvalue weighted by molar-refractivity contribution is -0.167. The minimum Gasteiger partial charge on any atom is -0.462 e. The molecule has 0 saturated heterocycles. The molecule has 0 rings (SSSR count). The van der Waals surface area contributed by atoms with Crippen molar-refractivity contribution < 1.29 is 28.6 Å². The molecule has 0 aliphatic heterocycles. The molecule has 1 unspecified atom stereocenters. The SMILES string of the molecule is CC/C=C\C/C=C\C/C=C\C/C=C\C/C=C\C/C=C\CCCCCCCCCCC(=O)OCC(COC(=O)CCCCCCC/C=C\CCCCCCCCC)OC(=O)CCCCCCCCCCC/C=C\C/C=C\CCCCCCC. The largest absolute Gasteiger partial charge is 0.462 e. The first-order valence-electron chi connectivity index (χ1n) is 34.9. The van der Waals surface area contributed by atoms with Gasteiger partial charge in [0.05, 0.1) is 0 Å². The summed E-state index contributed by atoms with van der Waals surface area (Å²) in [5, 5.41) is 0. The molecule has 0 amide bonds. The van der Waals surface area contributed by atoms with Gasteiger partial charge >= 0.3 is 17.9 Å². The van der Waals surface area contributed by atoms with E-state index in [1.165, 1.54) is 180 Å². The number of hydrogen-bond acceptors (Lipinski definition) is 6. The van der Waals surface area contributed by atoms with Crippen molar-refractivity contribution in [3.05, 3.63) is 109 Å². The van der Waals surface area contributed by atoms with Gasteiger partial charge in [0.2, 0.25) is 0 Å². The molecule has 6 nitrogen and oxygen atoms in total. The average molecular weight is 1140 g/mol. The van der Waals surface area contributed by atoms with Gasteiger partial charge in [-0.3, -0.25) is 14.4 Å². The monoisotopic (exact) mass is 1140 g/mol. The van der Waals surface area contributed by atoms with Crippen molar-refractivity contribution >= 4 is 17.9 Å². The molecule has 0 radical (unpaired) electrons. The van der Waals surface area contributed by atoms with E-state index in [4.69, 9.17) is 14.2 Å². The van der Waals surface area contributed by atoms with Crippen LogP contribution in [0.25, 0.3) is 0 Å². The zero-order valence-electron chi connectivity index (χ0n) is 54.0. The number of allylic oxidation sites excluding steroid dienone is 18. The Balaban J connectivity index is 4.38. The van der Waals surface area contributed by atoms with Crippen LogP contribution in [-0.4, -0.2) is 37.2 Å². The molecule has 0 spiro atoms. The van der Waals surface area contributed by atoms with Gasteiger partial charge in [-0.2, -0.15) is 0 Å². The second kappa shape index (κ2) is 69.6. The lowest BCUT2D eigenvalue weighted by Crippen LogP contribution is -2.30. The number of unbranched alkanes of at least 4 members (excludes halogenated alkanes) is 34. The summed E-state index contributed by atoms with van der Waals surface area (Å²) in [4.78, 5) is 38.5. The summed E-state index contributed by atoms with van der Waals surface area (Å²) >= 11 is 0. The van der Waals surface area contributed by atoms with Crippen LogP contribution in [0.2, 0.25) is 0 Å². The van der Waals surface area contributed by atoms with E-state index >= 15 is 0 Å². The first kappa shape index (κ1) is 78.1. The Morgan fingerprint density at radius 1 is 0.256 bits per heavy atom. The minimum atomic E-state index is -0.791. The highest BCUT2D eigenvalue weighted by Crippen LogP contribution is 2.16. The molecule has 82 heavy (non-hydrogen) atoms. The molecule has 0 fully saturated rings. The molecule has 0 saturated carbocycles. The highest BCUT2D eigenvalue weighted by molar-refractivity contribution is 5.71. The van der Waals surface area contributed by atoms with Gasteiger partial charge in [-0.05, 0) is 128 Å². The highest BCUT2D eigenvalue weighted by atomic mass is 16.6. The van der Waals surface area contributed by atoms with Crippen LogP contribution in [0.3, 0.4) is 0 Å². The van der Waals surface area contributed by atoms with E-state index in [0.29, 0.717) is 19.3 Å². The molecular weight excluding hydrogens is 1010 g/mol. The standard InChI is InChI=1S/C76H130O6/c1-4-7-10-13-16-19-22-25-28-31-33-35-36-37-38-39-40-42-43-45-48-51-54-57-60-63-66-69-75(78)81-72-73(71-80-74(77)68-65-62-59-56-53-50-47-30-27-24-21-18-15-12-9-6-3)82-76(79)70-67-64-61-58-55-52-49-46-44-41-34-32-29-26-23-20-17-14-11-8-5-2/h7,10,16,19,23,25-26,28,30,32-35,37-38,40,42,47,73H,4-6,8-9,11-15,17-18,20-22,24,27,29,31,36,39,41,43-46,48-72H2,1-3H3/b10-7-,19-16-,26-23-,28-25-,34-32-,35-33-,38-37-,42-40-,47-30-. The molecule has 0 bridgehead atoms. The maximum Gasteiger partial charge on any atom is 0.306 e. The van der Waals surface area contributed by atoms with Crippen LogP contribution in [0.1, 0.15) is 335 Å². The smallest absolute Gasteiger partial charge is 0.306 e. The second-order valence-electron chi connectivity index (χ2n) is 23.1. The van der Waals surface area contributed by atoms with Crippen LogP contribution in [0.15, 0.2) is 109 Å². The van der Waals surface area contributed by atoms with Crippen molar-refractivity contribution in [2.75, 3.05) is 13.2 Å². The average Bonchev–Trinajstić information content (AvgIpc) is 3.47. The summed E-state index contributed by atoms with van der Waals surface area (Å²) in [6.45, 7) is 6.53. The molecular formula is C76H130O6. The number of carbonyl (C=O) groups excluding carboxylic acids is 3. The molecule has 1 atom stereocenters. The Hall–Kier alpha value is -3.93. The van der Waals surface area contributed by atoms with Crippen LogP contribution >= 0.6 is 0 Å². The van der Waals surface area contributed by atoms with Gasteiger partial charge in [0.15, 0.2) is 6.10 Å². The minimum absolute atomic E-state index is 0.0859. The van der Waals surface area contributed by atoms with Gasteiger partial charge in [-0.1, -0.05) is 297 Å². The second-order valence-corrected chi connectivity index (χ2v) is 23.1. The number of ether oxygens (including phenoxy) is 3. The van der Waals surface area contributed by atoms with E-state index in [2.05, 4.69) is 130 Å². The first-order valence-corrected chi connectivity index (χ1v) is 34.9. The van der Waals surface area contributed by atoms with E-state index in [1.807, 2.05) is 0 Å². The Bertz CT molecular complexity index is 1640. The van der Waals surface area contributed by atoms with Crippen LogP contribution in [-0.2, 0) is 28.6 Å². The zero-order valence-corrected chi connectivity index (χ0v) is 54.0. The summed E-state index contributed by atoms with van der Waals surface area (Å²) in [7, 11) is 0. The molecule has 0 aromatic rings. The Morgan fingerprint density at radius 3 is 0.756 bits per heavy atom. The highest BCUT2D eigenvalue weighted by Gasteiger charge is 2.19. The third-order valence-corrected chi connectivity index (χ3v) is 15.0. The predicted molar refractivity (Wildman–Crippen MR) is 357 cm³/mol. The number of esters is 3. The summed E-state index contributed by atoms with van der Waals surface area (Å²) in [5.41, 5.74) is 0. The molecule has 0 aliphatic carbocycles. The molecule has 0 aliphatic rings. The fourth-order valence-corrected chi connectivity index (χ4v) is 9.77. The van der Waals surface area contributed by atoms with E-state index < -0.39 is 6.10 Å². The maximum atomic E-state index is 13.0. The van der Waals surface area contributed by atoms with Crippen molar-refractivity contribution in [1.82, 2.24) is 0 Å². The fourth-order valence-electron chi connectivity index (χ4n) is 9.77. The van der Waals surface area contributed by atoms with Crippen molar-refractivity contribution in [2.24, 2.45) is 0 Å². The number of hydrogen-bond donors (Lipinski definition) is 0. The van der Waals surface area contributed by atoms with Crippen molar-refractivity contribution in [3.63, 3.8) is 0 Å². The van der Waals surface area contributed by atoms with Gasteiger partial charge in [0, 0.05) is 19.3 Å². The van der Waals surface area contributed by atoms with Crippen LogP contribution < -0.4 is 0 Å². The van der Waals surface area contributed by atoms with E-state index in [9.17, 15) is 14.4 Å². The van der Waals surface area contributed by atoms with Gasteiger partial charge < -0.3 is 14.2 Å². The molecule has 6 heteroatoms. The molecule has 0 aromatic carbocycles.